The van der Waals surface area contributed by atoms with Crippen LogP contribution in [0.25, 0.3) is 0 Å². The zero-order chi connectivity index (χ0) is 12.2. The molecule has 16 heavy (non-hydrogen) atoms. The summed E-state index contributed by atoms with van der Waals surface area (Å²) in [6, 6.07) is 0. The third-order valence-corrected chi connectivity index (χ3v) is 3.57. The number of amidine groups is 1. The number of piperazine rings is 1. The SMILES string of the molecule is CN1CCN(CCCCC(=N)N)CC1(C)C. The first-order chi connectivity index (χ1) is 7.42. The second-order valence-electron chi connectivity index (χ2n) is 5.49. The van der Waals surface area contributed by atoms with E-state index in [1.54, 1.807) is 0 Å². The molecule has 0 aliphatic carbocycles. The molecule has 4 heteroatoms. The van der Waals surface area contributed by atoms with E-state index in [0.29, 0.717) is 11.4 Å². The highest BCUT2D eigenvalue weighted by Gasteiger charge is 2.30. The number of hydrogen-bond acceptors (Lipinski definition) is 3. The molecule has 0 saturated carbocycles. The Labute approximate surface area is 99.3 Å². The smallest absolute Gasteiger partial charge is 0.0905 e. The normalized spacial score (nSPS) is 22.2. The fourth-order valence-corrected chi connectivity index (χ4v) is 2.18. The van der Waals surface area contributed by atoms with Crippen LogP contribution in [0.4, 0.5) is 0 Å². The average molecular weight is 226 g/mol. The molecule has 1 aliphatic heterocycles. The van der Waals surface area contributed by atoms with Gasteiger partial charge in [0.15, 0.2) is 0 Å². The monoisotopic (exact) mass is 226 g/mol. The summed E-state index contributed by atoms with van der Waals surface area (Å²) in [7, 11) is 2.20. The standard InChI is InChI=1S/C12H26N4/c1-12(2)10-16(9-8-15(12)3)7-5-4-6-11(13)14/h4-10H2,1-3H3,(H3,13,14). The third-order valence-electron chi connectivity index (χ3n) is 3.57. The quantitative estimate of drug-likeness (QED) is 0.419. The maximum absolute atomic E-state index is 7.16. The molecule has 1 saturated heterocycles. The van der Waals surface area contributed by atoms with Crippen LogP contribution in [0.15, 0.2) is 0 Å². The van der Waals surface area contributed by atoms with Crippen LogP contribution in [-0.4, -0.2) is 54.4 Å². The van der Waals surface area contributed by atoms with Gasteiger partial charge in [-0.05, 0) is 40.3 Å². The van der Waals surface area contributed by atoms with E-state index in [-0.39, 0.29) is 0 Å². The lowest BCUT2D eigenvalue weighted by molar-refractivity contribution is 0.0394. The van der Waals surface area contributed by atoms with Crippen molar-refractivity contribution >= 4 is 5.84 Å². The Morgan fingerprint density at radius 3 is 2.56 bits per heavy atom. The van der Waals surface area contributed by atoms with Gasteiger partial charge in [0.1, 0.15) is 0 Å². The predicted octanol–water partition coefficient (Wildman–Crippen LogP) is 1.12. The van der Waals surface area contributed by atoms with Gasteiger partial charge in [-0.3, -0.25) is 10.3 Å². The van der Waals surface area contributed by atoms with Gasteiger partial charge in [-0.25, -0.2) is 0 Å². The highest BCUT2D eigenvalue weighted by atomic mass is 15.3. The van der Waals surface area contributed by atoms with E-state index in [1.165, 1.54) is 6.54 Å². The summed E-state index contributed by atoms with van der Waals surface area (Å²) in [6.45, 7) is 9.21. The lowest BCUT2D eigenvalue weighted by Crippen LogP contribution is -2.57. The minimum Gasteiger partial charge on any atom is -0.388 e. The van der Waals surface area contributed by atoms with Gasteiger partial charge in [0, 0.05) is 31.6 Å². The molecule has 0 unspecified atom stereocenters. The zero-order valence-electron chi connectivity index (χ0n) is 10.9. The molecule has 0 spiro atoms. The first-order valence-electron chi connectivity index (χ1n) is 6.18. The summed E-state index contributed by atoms with van der Waals surface area (Å²) in [5, 5.41) is 7.16. The second-order valence-corrected chi connectivity index (χ2v) is 5.49. The Kier molecular flexibility index (Phi) is 4.74. The first kappa shape index (κ1) is 13.5. The molecule has 0 radical (unpaired) electrons. The highest BCUT2D eigenvalue weighted by Crippen LogP contribution is 2.18. The summed E-state index contributed by atoms with van der Waals surface area (Å²) in [5.41, 5.74) is 5.63. The van der Waals surface area contributed by atoms with Crippen LogP contribution in [0.1, 0.15) is 33.1 Å². The number of unbranched alkanes of at least 4 members (excludes halogenated alkanes) is 1. The summed E-state index contributed by atoms with van der Waals surface area (Å²) < 4.78 is 0. The molecule has 1 rings (SSSR count). The topological polar surface area (TPSA) is 56.4 Å². The van der Waals surface area contributed by atoms with Crippen LogP contribution in [0.2, 0.25) is 0 Å². The lowest BCUT2D eigenvalue weighted by Gasteiger charge is -2.45. The van der Waals surface area contributed by atoms with Crippen molar-refractivity contribution in [2.45, 2.75) is 38.6 Å². The van der Waals surface area contributed by atoms with Gasteiger partial charge in [-0.2, -0.15) is 0 Å². The largest absolute Gasteiger partial charge is 0.388 e. The molecule has 0 aromatic heterocycles. The van der Waals surface area contributed by atoms with E-state index in [4.69, 9.17) is 11.1 Å². The minimum atomic E-state index is 0.291. The molecule has 1 heterocycles. The second kappa shape index (κ2) is 5.64. The Hall–Kier alpha value is -0.610. The minimum absolute atomic E-state index is 0.291. The van der Waals surface area contributed by atoms with Crippen LogP contribution in [0, 0.1) is 5.41 Å². The number of hydrogen-bond donors (Lipinski definition) is 2. The van der Waals surface area contributed by atoms with Crippen LogP contribution in [0.5, 0.6) is 0 Å². The van der Waals surface area contributed by atoms with E-state index in [1.807, 2.05) is 0 Å². The van der Waals surface area contributed by atoms with Crippen LogP contribution in [-0.2, 0) is 0 Å². The Morgan fingerprint density at radius 2 is 2.00 bits per heavy atom. The fraction of sp³-hybridized carbons (Fsp3) is 0.917. The van der Waals surface area contributed by atoms with Gasteiger partial charge in [0.05, 0.1) is 5.84 Å². The molecular weight excluding hydrogens is 200 g/mol. The molecule has 4 nitrogen and oxygen atoms in total. The van der Waals surface area contributed by atoms with Crippen LogP contribution >= 0.6 is 0 Å². The number of rotatable bonds is 5. The number of nitrogens with zero attached hydrogens (tertiary/aromatic N) is 2. The maximum atomic E-state index is 7.16. The molecule has 0 aromatic carbocycles. The van der Waals surface area contributed by atoms with E-state index in [2.05, 4.69) is 30.7 Å². The van der Waals surface area contributed by atoms with Crippen LogP contribution < -0.4 is 5.73 Å². The van der Waals surface area contributed by atoms with Crippen molar-refractivity contribution in [1.82, 2.24) is 9.80 Å². The molecule has 1 aliphatic rings. The highest BCUT2D eigenvalue weighted by molar-refractivity contribution is 5.76. The summed E-state index contributed by atoms with van der Waals surface area (Å²) in [5.74, 6) is 0.318. The van der Waals surface area contributed by atoms with Crippen molar-refractivity contribution in [1.29, 1.82) is 5.41 Å². The third kappa shape index (κ3) is 4.10. The Morgan fingerprint density at radius 1 is 1.31 bits per heavy atom. The molecule has 3 N–H and O–H groups in total. The molecular formula is C12H26N4. The Bertz CT molecular complexity index is 237. The van der Waals surface area contributed by atoms with E-state index < -0.39 is 0 Å². The van der Waals surface area contributed by atoms with Crippen molar-refractivity contribution < 1.29 is 0 Å². The van der Waals surface area contributed by atoms with Crippen LogP contribution in [0.3, 0.4) is 0 Å². The summed E-state index contributed by atoms with van der Waals surface area (Å²) >= 11 is 0. The number of likely N-dealkylation sites (N-methyl/N-ethyl adjacent to an activating group) is 1. The number of nitrogens with one attached hydrogen (secondary N) is 1. The molecule has 0 bridgehead atoms. The molecule has 0 atom stereocenters. The van der Waals surface area contributed by atoms with Crippen molar-refractivity contribution in [2.75, 3.05) is 33.2 Å². The summed E-state index contributed by atoms with van der Waals surface area (Å²) in [4.78, 5) is 4.96. The van der Waals surface area contributed by atoms with Gasteiger partial charge in [-0.15, -0.1) is 0 Å². The van der Waals surface area contributed by atoms with Gasteiger partial charge in [-0.1, -0.05) is 0 Å². The summed E-state index contributed by atoms with van der Waals surface area (Å²) in [6.07, 6.45) is 2.94. The molecule has 1 fully saturated rings. The van der Waals surface area contributed by atoms with Crippen molar-refractivity contribution in [2.24, 2.45) is 5.73 Å². The average Bonchev–Trinajstić information content (AvgIpc) is 2.17. The van der Waals surface area contributed by atoms with Gasteiger partial charge in [0.25, 0.3) is 0 Å². The number of nitrogens with two attached hydrogens (primary N) is 1. The molecule has 0 aromatic rings. The van der Waals surface area contributed by atoms with Gasteiger partial charge in [0.2, 0.25) is 0 Å². The maximum Gasteiger partial charge on any atom is 0.0905 e. The van der Waals surface area contributed by atoms with E-state index in [0.717, 1.165) is 38.9 Å². The van der Waals surface area contributed by atoms with E-state index in [9.17, 15) is 0 Å². The zero-order valence-corrected chi connectivity index (χ0v) is 10.9. The Balaban J connectivity index is 2.21. The molecule has 0 amide bonds. The fourth-order valence-electron chi connectivity index (χ4n) is 2.18. The first-order valence-corrected chi connectivity index (χ1v) is 6.18. The van der Waals surface area contributed by atoms with Gasteiger partial charge >= 0.3 is 0 Å². The van der Waals surface area contributed by atoms with Gasteiger partial charge < -0.3 is 10.6 Å². The van der Waals surface area contributed by atoms with Crippen molar-refractivity contribution in [3.05, 3.63) is 0 Å². The molecule has 94 valence electrons. The lowest BCUT2D eigenvalue weighted by atomic mass is 9.99. The van der Waals surface area contributed by atoms with Crippen molar-refractivity contribution in [3.63, 3.8) is 0 Å². The van der Waals surface area contributed by atoms with Crippen molar-refractivity contribution in [3.8, 4) is 0 Å². The van der Waals surface area contributed by atoms with E-state index >= 15 is 0 Å². The predicted molar refractivity (Wildman–Crippen MR) is 68.9 cm³/mol.